The van der Waals surface area contributed by atoms with Crippen molar-refractivity contribution >= 4 is 22.4 Å². The Labute approximate surface area is 132 Å². The molecule has 0 unspecified atom stereocenters. The van der Waals surface area contributed by atoms with Crippen molar-refractivity contribution in [3.05, 3.63) is 11.8 Å². The summed E-state index contributed by atoms with van der Waals surface area (Å²) in [4.78, 5) is 0. The van der Waals surface area contributed by atoms with Crippen LogP contribution < -0.4 is 5.32 Å². The van der Waals surface area contributed by atoms with E-state index in [0.717, 1.165) is 31.5 Å². The maximum Gasteiger partial charge on any atom is 0.260 e. The molecule has 0 bridgehead atoms. The second-order valence-corrected chi connectivity index (χ2v) is 7.75. The van der Waals surface area contributed by atoms with Crippen LogP contribution in [-0.4, -0.2) is 48.2 Å². The Bertz CT molecular complexity index is 601. The fourth-order valence-corrected chi connectivity index (χ4v) is 5.08. The number of hydrogen-bond donors (Lipinski definition) is 1. The summed E-state index contributed by atoms with van der Waals surface area (Å²) in [5.74, 6) is 0.446. The Balaban J connectivity index is 0.00000161. The molecule has 2 saturated heterocycles. The van der Waals surface area contributed by atoms with Crippen molar-refractivity contribution in [1.29, 1.82) is 0 Å². The van der Waals surface area contributed by atoms with Gasteiger partial charge < -0.3 is 5.32 Å². The zero-order chi connectivity index (χ0) is 14.3. The molecule has 120 valence electrons. The van der Waals surface area contributed by atoms with Gasteiger partial charge in [-0.3, -0.25) is 4.68 Å². The van der Waals surface area contributed by atoms with Crippen molar-refractivity contribution < 1.29 is 8.42 Å². The monoisotopic (exact) mass is 334 g/mol. The first-order chi connectivity index (χ1) is 9.48. The summed E-state index contributed by atoms with van der Waals surface area (Å²) < 4.78 is 28.6. The molecule has 3 rings (SSSR count). The Morgan fingerprint density at radius 2 is 2.14 bits per heavy atom. The molecule has 2 atom stereocenters. The van der Waals surface area contributed by atoms with Crippen LogP contribution >= 0.6 is 12.4 Å². The molecule has 0 aliphatic carbocycles. The van der Waals surface area contributed by atoms with Gasteiger partial charge >= 0.3 is 0 Å². The van der Waals surface area contributed by atoms with Crippen molar-refractivity contribution in [2.45, 2.75) is 37.3 Å². The van der Waals surface area contributed by atoms with Gasteiger partial charge in [0.05, 0.1) is 5.69 Å². The lowest BCUT2D eigenvalue weighted by Gasteiger charge is -2.40. The number of sulfonamides is 1. The highest BCUT2D eigenvalue weighted by Crippen LogP contribution is 2.28. The van der Waals surface area contributed by atoms with Gasteiger partial charge in [0.15, 0.2) is 5.03 Å². The normalized spacial score (nSPS) is 27.0. The molecule has 0 spiro atoms. The highest BCUT2D eigenvalue weighted by Gasteiger charge is 2.37. The molecule has 1 N–H and O–H groups in total. The van der Waals surface area contributed by atoms with Gasteiger partial charge in [0.25, 0.3) is 10.0 Å². The predicted molar refractivity (Wildman–Crippen MR) is 83.1 cm³/mol. The van der Waals surface area contributed by atoms with Gasteiger partial charge in [-0.15, -0.1) is 12.4 Å². The average molecular weight is 335 g/mol. The van der Waals surface area contributed by atoms with Gasteiger partial charge in [-0.25, -0.2) is 8.42 Å². The predicted octanol–water partition coefficient (Wildman–Crippen LogP) is 0.913. The van der Waals surface area contributed by atoms with E-state index in [2.05, 4.69) is 10.4 Å². The number of hydrogen-bond acceptors (Lipinski definition) is 4. The molecule has 8 heteroatoms. The first-order valence-corrected chi connectivity index (χ1v) is 8.66. The van der Waals surface area contributed by atoms with E-state index in [1.807, 2.05) is 6.92 Å². The molecule has 2 aliphatic rings. The van der Waals surface area contributed by atoms with Crippen LogP contribution in [0.2, 0.25) is 0 Å². The molecular formula is C13H23ClN4O2S. The van der Waals surface area contributed by atoms with Gasteiger partial charge in [-0.1, -0.05) is 0 Å². The molecule has 1 aromatic heterocycles. The fraction of sp³-hybridized carbons (Fsp3) is 0.769. The van der Waals surface area contributed by atoms with Gasteiger partial charge in [-0.05, 0) is 44.7 Å². The van der Waals surface area contributed by atoms with E-state index >= 15 is 0 Å². The van der Waals surface area contributed by atoms with Crippen LogP contribution in [-0.2, 0) is 17.1 Å². The molecule has 21 heavy (non-hydrogen) atoms. The summed E-state index contributed by atoms with van der Waals surface area (Å²) in [6, 6.07) is 2.14. The Kier molecular flexibility index (Phi) is 4.97. The summed E-state index contributed by atoms with van der Waals surface area (Å²) in [7, 11) is -1.73. The van der Waals surface area contributed by atoms with Crippen LogP contribution in [0.1, 0.15) is 25.0 Å². The number of rotatable bonds is 2. The lowest BCUT2D eigenvalue weighted by molar-refractivity contribution is 0.170. The molecule has 0 aromatic carbocycles. The SMILES string of the molecule is Cc1cc(S(=O)(=O)N2CC[C@@H]3NCCC[C@@H]3C2)n(C)n1.Cl. The molecule has 6 nitrogen and oxygen atoms in total. The Morgan fingerprint density at radius 3 is 2.81 bits per heavy atom. The number of aromatic nitrogens is 2. The summed E-state index contributed by atoms with van der Waals surface area (Å²) >= 11 is 0. The van der Waals surface area contributed by atoms with Crippen molar-refractivity contribution in [2.24, 2.45) is 13.0 Å². The van der Waals surface area contributed by atoms with E-state index < -0.39 is 10.0 Å². The maximum atomic E-state index is 12.7. The number of fused-ring (bicyclic) bond motifs is 1. The van der Waals surface area contributed by atoms with Crippen molar-refractivity contribution in [3.63, 3.8) is 0 Å². The largest absolute Gasteiger partial charge is 0.314 e. The summed E-state index contributed by atoms with van der Waals surface area (Å²) in [5, 5.41) is 7.96. The minimum absolute atomic E-state index is 0. The van der Waals surface area contributed by atoms with Gasteiger partial charge in [0, 0.05) is 26.2 Å². The minimum atomic E-state index is -3.42. The number of aryl methyl sites for hydroxylation is 2. The third-order valence-corrected chi connectivity index (χ3v) is 6.34. The van der Waals surface area contributed by atoms with Crippen LogP contribution in [0.5, 0.6) is 0 Å². The van der Waals surface area contributed by atoms with Crippen LogP contribution in [0.15, 0.2) is 11.1 Å². The molecule has 0 radical (unpaired) electrons. The molecule has 1 aromatic rings. The topological polar surface area (TPSA) is 67.2 Å². The number of piperidine rings is 2. The first-order valence-electron chi connectivity index (χ1n) is 7.22. The van der Waals surface area contributed by atoms with Crippen LogP contribution in [0.25, 0.3) is 0 Å². The summed E-state index contributed by atoms with van der Waals surface area (Å²) in [6.07, 6.45) is 3.16. The second-order valence-electron chi connectivity index (χ2n) is 5.86. The number of nitrogens with zero attached hydrogens (tertiary/aromatic N) is 3. The van der Waals surface area contributed by atoms with E-state index in [0.29, 0.717) is 30.1 Å². The second kappa shape index (κ2) is 6.24. The smallest absolute Gasteiger partial charge is 0.260 e. The molecular weight excluding hydrogens is 312 g/mol. The third kappa shape index (κ3) is 3.11. The Hall–Kier alpha value is -0.630. The highest BCUT2D eigenvalue weighted by atomic mass is 35.5. The lowest BCUT2D eigenvalue weighted by Crippen LogP contribution is -2.53. The fourth-order valence-electron chi connectivity index (χ4n) is 3.39. The van der Waals surface area contributed by atoms with Crippen molar-refractivity contribution in [2.75, 3.05) is 19.6 Å². The zero-order valence-corrected chi connectivity index (χ0v) is 14.1. The van der Waals surface area contributed by atoms with Gasteiger partial charge in [0.1, 0.15) is 0 Å². The summed E-state index contributed by atoms with van der Waals surface area (Å²) in [6.45, 7) is 4.11. The van der Waals surface area contributed by atoms with Gasteiger partial charge in [0.2, 0.25) is 0 Å². The zero-order valence-electron chi connectivity index (χ0n) is 12.4. The highest BCUT2D eigenvalue weighted by molar-refractivity contribution is 7.89. The van der Waals surface area contributed by atoms with Crippen LogP contribution in [0.4, 0.5) is 0 Å². The maximum absolute atomic E-state index is 12.7. The molecule has 2 fully saturated rings. The minimum Gasteiger partial charge on any atom is -0.314 e. The summed E-state index contributed by atoms with van der Waals surface area (Å²) in [5.41, 5.74) is 0.736. The van der Waals surface area contributed by atoms with Gasteiger partial charge in [-0.2, -0.15) is 9.40 Å². The molecule has 0 amide bonds. The third-order valence-electron chi connectivity index (χ3n) is 4.42. The number of halogens is 1. The Morgan fingerprint density at radius 1 is 1.38 bits per heavy atom. The van der Waals surface area contributed by atoms with E-state index in [4.69, 9.17) is 0 Å². The van der Waals surface area contributed by atoms with E-state index in [1.54, 1.807) is 17.4 Å². The molecule has 0 saturated carbocycles. The quantitative estimate of drug-likeness (QED) is 0.873. The van der Waals surface area contributed by atoms with E-state index in [9.17, 15) is 8.42 Å². The van der Waals surface area contributed by atoms with Crippen LogP contribution in [0, 0.1) is 12.8 Å². The van der Waals surface area contributed by atoms with E-state index in [1.165, 1.54) is 4.68 Å². The average Bonchev–Trinajstić information content (AvgIpc) is 2.78. The standard InChI is InChI=1S/C13H22N4O2S.ClH/c1-10-8-13(16(2)15-10)20(18,19)17-7-5-12-11(9-17)4-3-6-14-12;/h8,11-12,14H,3-7,9H2,1-2H3;1H/t11-,12+;/m1./s1. The van der Waals surface area contributed by atoms with Crippen molar-refractivity contribution in [3.8, 4) is 0 Å². The number of nitrogens with one attached hydrogen (secondary N) is 1. The van der Waals surface area contributed by atoms with E-state index in [-0.39, 0.29) is 12.4 Å². The van der Waals surface area contributed by atoms with Crippen LogP contribution in [0.3, 0.4) is 0 Å². The lowest BCUT2D eigenvalue weighted by atomic mass is 9.86. The molecule has 3 heterocycles. The first kappa shape index (κ1) is 16.7. The van der Waals surface area contributed by atoms with Crippen molar-refractivity contribution in [1.82, 2.24) is 19.4 Å². The molecule has 2 aliphatic heterocycles.